The Kier molecular flexibility index (Phi) is 7.50. The minimum absolute atomic E-state index is 0.0779. The highest BCUT2D eigenvalue weighted by atomic mass is 35.5. The molecule has 1 aliphatic rings. The highest BCUT2D eigenvalue weighted by Crippen LogP contribution is 2.34. The van der Waals surface area contributed by atoms with Crippen LogP contribution in [0.2, 0.25) is 5.02 Å². The number of rotatable bonds is 7. The maximum absolute atomic E-state index is 10.6. The minimum atomic E-state index is -0.544. The Hall–Kier alpha value is -1.95. The predicted molar refractivity (Wildman–Crippen MR) is 123 cm³/mol. The summed E-state index contributed by atoms with van der Waals surface area (Å²) in [4.78, 5) is 4.62. The first-order valence-electron chi connectivity index (χ1n) is 10.5. The van der Waals surface area contributed by atoms with E-state index in [9.17, 15) is 5.11 Å². The van der Waals surface area contributed by atoms with Gasteiger partial charge >= 0.3 is 0 Å². The van der Waals surface area contributed by atoms with Gasteiger partial charge < -0.3 is 19.5 Å². The van der Waals surface area contributed by atoms with E-state index >= 15 is 0 Å². The van der Waals surface area contributed by atoms with Gasteiger partial charge in [0, 0.05) is 49.0 Å². The molecule has 1 aliphatic heterocycles. The third-order valence-corrected chi connectivity index (χ3v) is 5.68. The summed E-state index contributed by atoms with van der Waals surface area (Å²) in [5.41, 5.74) is 2.15. The molecule has 1 atom stereocenters. The Morgan fingerprint density at radius 1 is 1.07 bits per heavy atom. The van der Waals surface area contributed by atoms with Crippen molar-refractivity contribution < 1.29 is 14.6 Å². The smallest absolute Gasteiger partial charge is 0.123 e. The highest BCUT2D eigenvalue weighted by Gasteiger charge is 2.22. The van der Waals surface area contributed by atoms with Crippen molar-refractivity contribution in [2.45, 2.75) is 32.3 Å². The van der Waals surface area contributed by atoms with Crippen LogP contribution in [0.3, 0.4) is 0 Å². The van der Waals surface area contributed by atoms with Gasteiger partial charge in [-0.25, -0.2) is 0 Å². The lowest BCUT2D eigenvalue weighted by molar-refractivity contribution is 0.0656. The molecule has 3 rings (SSSR count). The summed E-state index contributed by atoms with van der Waals surface area (Å²) in [6.45, 7) is 10.9. The van der Waals surface area contributed by atoms with Crippen molar-refractivity contribution in [2.24, 2.45) is 0 Å². The molecule has 0 amide bonds. The molecule has 2 aromatic carbocycles. The Bertz CT molecular complexity index is 829. The van der Waals surface area contributed by atoms with Gasteiger partial charge in [0.2, 0.25) is 0 Å². The predicted octanol–water partition coefficient (Wildman–Crippen LogP) is 4.21. The van der Waals surface area contributed by atoms with E-state index in [4.69, 9.17) is 21.1 Å². The van der Waals surface area contributed by atoms with E-state index < -0.39 is 6.10 Å². The number of methoxy groups -OCH3 is 1. The second-order valence-electron chi connectivity index (χ2n) is 8.84. The first kappa shape index (κ1) is 22.7. The molecule has 164 valence electrons. The van der Waals surface area contributed by atoms with Crippen molar-refractivity contribution in [3.05, 3.63) is 53.1 Å². The van der Waals surface area contributed by atoms with Gasteiger partial charge in [-0.05, 0) is 41.8 Å². The molecule has 1 heterocycles. The van der Waals surface area contributed by atoms with Gasteiger partial charge in [-0.15, -0.1) is 0 Å². The molecule has 1 fully saturated rings. The summed E-state index contributed by atoms with van der Waals surface area (Å²) >= 11 is 6.11. The molecule has 0 bridgehead atoms. The molecule has 2 aromatic rings. The average molecular weight is 433 g/mol. The lowest BCUT2D eigenvalue weighted by atomic mass is 9.86. The Morgan fingerprint density at radius 2 is 1.80 bits per heavy atom. The molecule has 30 heavy (non-hydrogen) atoms. The van der Waals surface area contributed by atoms with Crippen molar-refractivity contribution >= 4 is 17.3 Å². The molecule has 0 aliphatic carbocycles. The number of benzene rings is 2. The van der Waals surface area contributed by atoms with Gasteiger partial charge in [0.1, 0.15) is 24.2 Å². The maximum Gasteiger partial charge on any atom is 0.123 e. The standard InChI is InChI=1S/C24H33ClN2O3/c1-24(2,3)22-15-21(29-4)8-9-23(22)30-17-20(28)16-26-10-12-27(13-11-26)19-7-5-6-18(25)14-19/h5-9,14-15,20,28H,10-13,16-17H2,1-4H3. The number of aliphatic hydroxyl groups excluding tert-OH is 1. The largest absolute Gasteiger partial charge is 0.497 e. The van der Waals surface area contributed by atoms with Crippen LogP contribution in [0.1, 0.15) is 26.3 Å². The second-order valence-corrected chi connectivity index (χ2v) is 9.28. The summed E-state index contributed by atoms with van der Waals surface area (Å²) in [6, 6.07) is 13.8. The number of piperazine rings is 1. The van der Waals surface area contributed by atoms with Gasteiger partial charge in [0.15, 0.2) is 0 Å². The lowest BCUT2D eigenvalue weighted by Crippen LogP contribution is -2.49. The summed E-state index contributed by atoms with van der Waals surface area (Å²) in [7, 11) is 1.66. The van der Waals surface area contributed by atoms with Crippen LogP contribution in [0.5, 0.6) is 11.5 Å². The number of nitrogens with zero attached hydrogens (tertiary/aromatic N) is 2. The van der Waals surface area contributed by atoms with Crippen LogP contribution < -0.4 is 14.4 Å². The average Bonchev–Trinajstić information content (AvgIpc) is 2.72. The summed E-state index contributed by atoms with van der Waals surface area (Å²) in [5, 5.41) is 11.3. The van der Waals surface area contributed by atoms with Gasteiger partial charge in [-0.2, -0.15) is 0 Å². The van der Waals surface area contributed by atoms with Crippen LogP contribution in [-0.2, 0) is 5.41 Å². The SMILES string of the molecule is COc1ccc(OCC(O)CN2CCN(c3cccc(Cl)c3)CC2)c(C(C)(C)C)c1. The zero-order chi connectivity index (χ0) is 21.7. The maximum atomic E-state index is 10.6. The first-order valence-corrected chi connectivity index (χ1v) is 10.9. The van der Waals surface area contributed by atoms with Gasteiger partial charge in [-0.3, -0.25) is 4.90 Å². The van der Waals surface area contributed by atoms with E-state index in [1.54, 1.807) is 7.11 Å². The summed E-state index contributed by atoms with van der Waals surface area (Å²) in [6.07, 6.45) is -0.544. The van der Waals surface area contributed by atoms with Gasteiger partial charge in [-0.1, -0.05) is 38.4 Å². The molecule has 6 heteroatoms. The summed E-state index contributed by atoms with van der Waals surface area (Å²) in [5.74, 6) is 1.61. The number of anilines is 1. The van der Waals surface area contributed by atoms with Crippen LogP contribution in [0, 0.1) is 0 Å². The van der Waals surface area contributed by atoms with Crippen LogP contribution in [-0.4, -0.2) is 62.6 Å². The number of aliphatic hydroxyl groups is 1. The molecule has 1 unspecified atom stereocenters. The third-order valence-electron chi connectivity index (χ3n) is 5.44. The minimum Gasteiger partial charge on any atom is -0.497 e. The van der Waals surface area contributed by atoms with E-state index in [-0.39, 0.29) is 12.0 Å². The summed E-state index contributed by atoms with van der Waals surface area (Å²) < 4.78 is 11.4. The highest BCUT2D eigenvalue weighted by molar-refractivity contribution is 6.30. The molecule has 0 spiro atoms. The second kappa shape index (κ2) is 9.90. The third kappa shape index (κ3) is 6.03. The number of halogens is 1. The van der Waals surface area contributed by atoms with Crippen molar-refractivity contribution in [3.8, 4) is 11.5 Å². The van der Waals surface area contributed by atoms with Crippen molar-refractivity contribution in [1.29, 1.82) is 0 Å². The molecular formula is C24H33ClN2O3. The van der Waals surface area contributed by atoms with E-state index in [1.165, 1.54) is 0 Å². The molecule has 1 N–H and O–H groups in total. The number of hydrogen-bond donors (Lipinski definition) is 1. The van der Waals surface area contributed by atoms with E-state index in [2.05, 4.69) is 36.6 Å². The number of β-amino-alcohol motifs (C(OH)–C–C–N with tert-alkyl or cyclic N) is 1. The molecule has 0 saturated carbocycles. The Morgan fingerprint density at radius 3 is 2.43 bits per heavy atom. The van der Waals surface area contributed by atoms with Crippen molar-refractivity contribution in [3.63, 3.8) is 0 Å². The molecule has 5 nitrogen and oxygen atoms in total. The quantitative estimate of drug-likeness (QED) is 0.710. The fourth-order valence-electron chi connectivity index (χ4n) is 3.75. The van der Waals surface area contributed by atoms with Crippen molar-refractivity contribution in [2.75, 3.05) is 51.3 Å². The van der Waals surface area contributed by atoms with E-state index in [0.717, 1.165) is 54.0 Å². The van der Waals surface area contributed by atoms with Crippen LogP contribution in [0.4, 0.5) is 5.69 Å². The zero-order valence-corrected chi connectivity index (χ0v) is 19.2. The first-order chi connectivity index (χ1) is 14.3. The van der Waals surface area contributed by atoms with E-state index in [1.807, 2.05) is 36.4 Å². The number of ether oxygens (including phenoxy) is 2. The van der Waals surface area contributed by atoms with Gasteiger partial charge in [0.25, 0.3) is 0 Å². The van der Waals surface area contributed by atoms with Crippen LogP contribution in [0.25, 0.3) is 0 Å². The van der Waals surface area contributed by atoms with Gasteiger partial charge in [0.05, 0.1) is 7.11 Å². The van der Waals surface area contributed by atoms with Crippen LogP contribution in [0.15, 0.2) is 42.5 Å². The van der Waals surface area contributed by atoms with E-state index in [0.29, 0.717) is 6.54 Å². The molecule has 0 radical (unpaired) electrons. The zero-order valence-electron chi connectivity index (χ0n) is 18.4. The molecule has 0 aromatic heterocycles. The normalized spacial score (nSPS) is 16.4. The molecular weight excluding hydrogens is 400 g/mol. The van der Waals surface area contributed by atoms with Crippen molar-refractivity contribution in [1.82, 2.24) is 4.90 Å². The number of hydrogen-bond acceptors (Lipinski definition) is 5. The fraction of sp³-hybridized carbons (Fsp3) is 0.500. The topological polar surface area (TPSA) is 45.2 Å². The Balaban J connectivity index is 1.51. The monoisotopic (exact) mass is 432 g/mol. The van der Waals surface area contributed by atoms with Crippen LogP contribution >= 0.6 is 11.6 Å². The Labute approximate surface area is 185 Å². The lowest BCUT2D eigenvalue weighted by Gasteiger charge is -2.37. The fourth-order valence-corrected chi connectivity index (χ4v) is 3.93. The molecule has 1 saturated heterocycles.